The van der Waals surface area contributed by atoms with E-state index in [1.165, 1.54) is 10.6 Å². The van der Waals surface area contributed by atoms with E-state index < -0.39 is 0 Å². The Morgan fingerprint density at radius 3 is 2.63 bits per heavy atom. The molecule has 0 aliphatic heterocycles. The van der Waals surface area contributed by atoms with Gasteiger partial charge in [-0.3, -0.25) is 0 Å². The number of hydrogen-bond donors (Lipinski definition) is 1. The summed E-state index contributed by atoms with van der Waals surface area (Å²) < 4.78 is 5.15. The first-order valence-corrected chi connectivity index (χ1v) is 7.45. The maximum Gasteiger partial charge on any atom is 0.127 e. The van der Waals surface area contributed by atoms with Crippen molar-refractivity contribution in [1.82, 2.24) is 10.3 Å². The first-order chi connectivity index (χ1) is 8.88. The Labute approximate surface area is 119 Å². The van der Waals surface area contributed by atoms with Crippen LogP contribution in [-0.4, -0.2) is 11.0 Å². The van der Waals surface area contributed by atoms with Gasteiger partial charge in [0.05, 0.1) is 12.0 Å². The van der Waals surface area contributed by atoms with Crippen molar-refractivity contribution in [2.45, 2.75) is 52.6 Å². The standard InChI is InChI=1S/C15H22N2OS/c1-10(2)16-8-12-13(15(3,4)5)17-14(19-12)11-6-7-18-9-11/h6-7,9-10,16H,8H2,1-5H3. The zero-order valence-electron chi connectivity index (χ0n) is 12.3. The molecule has 0 saturated carbocycles. The molecular weight excluding hydrogens is 256 g/mol. The summed E-state index contributed by atoms with van der Waals surface area (Å²) in [5, 5.41) is 4.52. The number of rotatable bonds is 4. The fraction of sp³-hybridized carbons (Fsp3) is 0.533. The van der Waals surface area contributed by atoms with Crippen molar-refractivity contribution in [1.29, 1.82) is 0 Å². The fourth-order valence-corrected chi connectivity index (χ4v) is 3.07. The molecule has 3 nitrogen and oxygen atoms in total. The van der Waals surface area contributed by atoms with Gasteiger partial charge in [-0.2, -0.15) is 0 Å². The molecule has 0 spiro atoms. The highest BCUT2D eigenvalue weighted by Crippen LogP contribution is 2.34. The van der Waals surface area contributed by atoms with E-state index in [0.717, 1.165) is 17.1 Å². The van der Waals surface area contributed by atoms with Crippen LogP contribution in [0.25, 0.3) is 10.6 Å². The van der Waals surface area contributed by atoms with E-state index in [0.29, 0.717) is 6.04 Å². The van der Waals surface area contributed by atoms with E-state index in [1.807, 2.05) is 6.07 Å². The topological polar surface area (TPSA) is 38.1 Å². The van der Waals surface area contributed by atoms with Gasteiger partial charge in [0.15, 0.2) is 0 Å². The molecule has 0 saturated heterocycles. The molecule has 0 aromatic carbocycles. The van der Waals surface area contributed by atoms with Gasteiger partial charge in [-0.15, -0.1) is 11.3 Å². The van der Waals surface area contributed by atoms with E-state index in [-0.39, 0.29) is 5.41 Å². The minimum Gasteiger partial charge on any atom is -0.472 e. The molecule has 0 atom stereocenters. The van der Waals surface area contributed by atoms with E-state index in [1.54, 1.807) is 23.9 Å². The third-order valence-electron chi connectivity index (χ3n) is 2.85. The molecule has 2 aromatic rings. The first kappa shape index (κ1) is 14.3. The number of nitrogens with zero attached hydrogens (tertiary/aromatic N) is 1. The van der Waals surface area contributed by atoms with Gasteiger partial charge in [-0.1, -0.05) is 34.6 Å². The molecular formula is C15H22N2OS. The van der Waals surface area contributed by atoms with Gasteiger partial charge in [0.2, 0.25) is 0 Å². The van der Waals surface area contributed by atoms with Gasteiger partial charge in [-0.25, -0.2) is 4.98 Å². The van der Waals surface area contributed by atoms with Crippen molar-refractivity contribution in [3.8, 4) is 10.6 Å². The van der Waals surface area contributed by atoms with Crippen LogP contribution in [0.4, 0.5) is 0 Å². The number of aromatic nitrogens is 1. The number of nitrogens with one attached hydrogen (secondary N) is 1. The van der Waals surface area contributed by atoms with Crippen LogP contribution in [0.5, 0.6) is 0 Å². The minimum atomic E-state index is 0.0620. The van der Waals surface area contributed by atoms with Crippen molar-refractivity contribution in [2.24, 2.45) is 0 Å². The predicted octanol–water partition coefficient (Wildman–Crippen LogP) is 4.20. The summed E-state index contributed by atoms with van der Waals surface area (Å²) in [6.45, 7) is 11.8. The molecule has 2 aromatic heterocycles. The molecule has 0 bridgehead atoms. The highest BCUT2D eigenvalue weighted by molar-refractivity contribution is 7.15. The molecule has 2 heterocycles. The van der Waals surface area contributed by atoms with E-state index >= 15 is 0 Å². The van der Waals surface area contributed by atoms with Crippen molar-refractivity contribution < 1.29 is 4.42 Å². The van der Waals surface area contributed by atoms with Crippen molar-refractivity contribution in [3.05, 3.63) is 29.2 Å². The van der Waals surface area contributed by atoms with Gasteiger partial charge < -0.3 is 9.73 Å². The maximum absolute atomic E-state index is 5.15. The Morgan fingerprint density at radius 1 is 1.37 bits per heavy atom. The third kappa shape index (κ3) is 3.45. The largest absolute Gasteiger partial charge is 0.472 e. The predicted molar refractivity (Wildman–Crippen MR) is 80.5 cm³/mol. The Kier molecular flexibility index (Phi) is 4.11. The molecule has 0 aliphatic carbocycles. The molecule has 0 radical (unpaired) electrons. The highest BCUT2D eigenvalue weighted by atomic mass is 32.1. The Bertz CT molecular complexity index is 521. The van der Waals surface area contributed by atoms with Crippen molar-refractivity contribution >= 4 is 11.3 Å². The lowest BCUT2D eigenvalue weighted by atomic mass is 9.91. The summed E-state index contributed by atoms with van der Waals surface area (Å²) in [4.78, 5) is 6.14. The third-order valence-corrected chi connectivity index (χ3v) is 3.95. The summed E-state index contributed by atoms with van der Waals surface area (Å²) in [5.74, 6) is 0. The van der Waals surface area contributed by atoms with E-state index in [2.05, 4.69) is 39.9 Å². The summed E-state index contributed by atoms with van der Waals surface area (Å²) in [7, 11) is 0. The monoisotopic (exact) mass is 278 g/mol. The molecule has 1 N–H and O–H groups in total. The second-order valence-electron chi connectivity index (χ2n) is 6.09. The Hall–Kier alpha value is -1.13. The van der Waals surface area contributed by atoms with Crippen LogP contribution in [-0.2, 0) is 12.0 Å². The molecule has 0 fully saturated rings. The number of thiazole rings is 1. The lowest BCUT2D eigenvalue weighted by molar-refractivity contribution is 0.546. The second-order valence-corrected chi connectivity index (χ2v) is 7.17. The molecule has 0 amide bonds. The smallest absolute Gasteiger partial charge is 0.127 e. The number of furan rings is 1. The van der Waals surface area contributed by atoms with Gasteiger partial charge in [0.1, 0.15) is 11.3 Å². The molecule has 19 heavy (non-hydrogen) atoms. The van der Waals surface area contributed by atoms with Gasteiger partial charge in [0, 0.05) is 28.4 Å². The normalized spacial score (nSPS) is 12.3. The fourth-order valence-electron chi connectivity index (χ4n) is 1.86. The maximum atomic E-state index is 5.15. The SMILES string of the molecule is CC(C)NCc1sc(-c2ccoc2)nc1C(C)(C)C. The van der Waals surface area contributed by atoms with Crippen LogP contribution in [0.2, 0.25) is 0 Å². The molecule has 0 aliphatic rings. The summed E-state index contributed by atoms with van der Waals surface area (Å²) in [5.41, 5.74) is 2.31. The average Bonchev–Trinajstić information content (AvgIpc) is 2.94. The zero-order chi connectivity index (χ0) is 14.0. The molecule has 104 valence electrons. The first-order valence-electron chi connectivity index (χ1n) is 6.64. The quantitative estimate of drug-likeness (QED) is 0.911. The van der Waals surface area contributed by atoms with Crippen LogP contribution >= 0.6 is 11.3 Å². The highest BCUT2D eigenvalue weighted by Gasteiger charge is 2.23. The van der Waals surface area contributed by atoms with Crippen LogP contribution in [0.3, 0.4) is 0 Å². The van der Waals surface area contributed by atoms with E-state index in [9.17, 15) is 0 Å². The van der Waals surface area contributed by atoms with Gasteiger partial charge >= 0.3 is 0 Å². The molecule has 2 rings (SSSR count). The Balaban J connectivity index is 2.34. The second kappa shape index (κ2) is 5.47. The van der Waals surface area contributed by atoms with Crippen molar-refractivity contribution in [3.63, 3.8) is 0 Å². The van der Waals surface area contributed by atoms with Crippen LogP contribution in [0, 0.1) is 0 Å². The van der Waals surface area contributed by atoms with Crippen LogP contribution in [0.1, 0.15) is 45.2 Å². The molecule has 4 heteroatoms. The van der Waals surface area contributed by atoms with Crippen molar-refractivity contribution in [2.75, 3.05) is 0 Å². The lowest BCUT2D eigenvalue weighted by Gasteiger charge is -2.18. The Morgan fingerprint density at radius 2 is 2.11 bits per heavy atom. The van der Waals surface area contributed by atoms with Crippen LogP contribution < -0.4 is 5.32 Å². The van der Waals surface area contributed by atoms with Gasteiger partial charge in [-0.05, 0) is 6.07 Å². The summed E-state index contributed by atoms with van der Waals surface area (Å²) in [6.07, 6.45) is 3.45. The molecule has 0 unspecified atom stereocenters. The average molecular weight is 278 g/mol. The summed E-state index contributed by atoms with van der Waals surface area (Å²) in [6, 6.07) is 2.44. The van der Waals surface area contributed by atoms with Crippen LogP contribution in [0.15, 0.2) is 23.0 Å². The summed E-state index contributed by atoms with van der Waals surface area (Å²) >= 11 is 1.75. The minimum absolute atomic E-state index is 0.0620. The lowest BCUT2D eigenvalue weighted by Crippen LogP contribution is -2.23. The number of hydrogen-bond acceptors (Lipinski definition) is 4. The van der Waals surface area contributed by atoms with E-state index in [4.69, 9.17) is 9.40 Å². The zero-order valence-corrected chi connectivity index (χ0v) is 13.1. The van der Waals surface area contributed by atoms with Gasteiger partial charge in [0.25, 0.3) is 0 Å².